The first-order chi connectivity index (χ1) is 11.8. The fourth-order valence-corrected chi connectivity index (χ4v) is 4.17. The number of methoxy groups -OCH3 is 1. The molecule has 0 spiro atoms. The maximum Gasteiger partial charge on any atom is 0.257 e. The van der Waals surface area contributed by atoms with Crippen molar-refractivity contribution in [2.45, 2.75) is 18.6 Å². The summed E-state index contributed by atoms with van der Waals surface area (Å²) in [6.07, 6.45) is 3.84. The van der Waals surface area contributed by atoms with Crippen molar-refractivity contribution in [3.63, 3.8) is 0 Å². The van der Waals surface area contributed by atoms with E-state index < -0.39 is 0 Å². The average Bonchev–Trinajstić information content (AvgIpc) is 3.15. The van der Waals surface area contributed by atoms with Crippen molar-refractivity contribution < 1.29 is 13.9 Å². The van der Waals surface area contributed by atoms with Gasteiger partial charge in [-0.15, -0.1) is 0 Å². The van der Waals surface area contributed by atoms with Crippen LogP contribution in [0.4, 0.5) is 0 Å². The number of nitrogens with zero attached hydrogens (tertiary/aromatic N) is 1. The number of carbonyl (C=O) groups excluding carboxylic acids is 1. The number of hydrogen-bond acceptors (Lipinski definition) is 4. The fourth-order valence-electron chi connectivity index (χ4n) is 3.02. The molecule has 1 amide bonds. The minimum absolute atomic E-state index is 0.0779. The molecule has 1 aliphatic heterocycles. The first kappa shape index (κ1) is 17.0. The molecule has 4 nitrogen and oxygen atoms in total. The van der Waals surface area contributed by atoms with Gasteiger partial charge in [0.05, 0.1) is 24.7 Å². The number of piperidine rings is 1. The van der Waals surface area contributed by atoms with Crippen LogP contribution in [0.3, 0.4) is 0 Å². The van der Waals surface area contributed by atoms with E-state index in [0.29, 0.717) is 17.2 Å². The number of furan rings is 1. The molecule has 0 aliphatic carbocycles. The number of carbonyl (C=O) groups is 1. The Morgan fingerprint density at radius 1 is 1.25 bits per heavy atom. The molecular weight excluding hydrogens is 322 g/mol. The van der Waals surface area contributed by atoms with E-state index in [1.807, 2.05) is 53.1 Å². The van der Waals surface area contributed by atoms with Crippen LogP contribution in [0.15, 0.2) is 47.1 Å². The van der Waals surface area contributed by atoms with Crippen molar-refractivity contribution in [3.8, 4) is 5.75 Å². The normalized spacial score (nSPS) is 15.5. The van der Waals surface area contributed by atoms with Crippen LogP contribution in [-0.2, 0) is 5.75 Å². The van der Waals surface area contributed by atoms with E-state index >= 15 is 0 Å². The average molecular weight is 345 g/mol. The Morgan fingerprint density at radius 2 is 2.04 bits per heavy atom. The van der Waals surface area contributed by atoms with Crippen LogP contribution in [0.1, 0.15) is 29.0 Å². The molecule has 2 heterocycles. The predicted octanol–water partition coefficient (Wildman–Crippen LogP) is 4.07. The van der Waals surface area contributed by atoms with Gasteiger partial charge in [-0.3, -0.25) is 4.79 Å². The molecule has 0 atom stereocenters. The van der Waals surface area contributed by atoms with E-state index in [1.165, 1.54) is 0 Å². The van der Waals surface area contributed by atoms with Gasteiger partial charge >= 0.3 is 0 Å². The molecule has 0 unspecified atom stereocenters. The Labute approximate surface area is 147 Å². The number of rotatable bonds is 6. The molecule has 0 saturated carbocycles. The number of benzene rings is 1. The van der Waals surface area contributed by atoms with Crippen LogP contribution in [0.2, 0.25) is 0 Å². The molecule has 3 rings (SSSR count). The Bertz CT molecular complexity index is 648. The van der Waals surface area contributed by atoms with Crippen molar-refractivity contribution in [2.24, 2.45) is 5.92 Å². The number of thioether (sulfide) groups is 1. The predicted molar refractivity (Wildman–Crippen MR) is 96.5 cm³/mol. The molecule has 0 radical (unpaired) electrons. The number of hydrogen-bond donors (Lipinski definition) is 0. The van der Waals surface area contributed by atoms with Gasteiger partial charge in [-0.25, -0.2) is 0 Å². The van der Waals surface area contributed by atoms with E-state index in [1.54, 1.807) is 13.4 Å². The Morgan fingerprint density at radius 3 is 2.75 bits per heavy atom. The highest BCUT2D eigenvalue weighted by atomic mass is 32.2. The number of ether oxygens (including phenoxy) is 1. The Kier molecular flexibility index (Phi) is 5.86. The van der Waals surface area contributed by atoms with Crippen molar-refractivity contribution in [1.82, 2.24) is 4.90 Å². The molecule has 0 bridgehead atoms. The lowest BCUT2D eigenvalue weighted by atomic mass is 9.98. The number of para-hydroxylation sites is 1. The van der Waals surface area contributed by atoms with Crippen LogP contribution in [-0.4, -0.2) is 36.8 Å². The first-order valence-corrected chi connectivity index (χ1v) is 9.46. The molecule has 1 aromatic carbocycles. The first-order valence-electron chi connectivity index (χ1n) is 8.30. The second-order valence-corrected chi connectivity index (χ2v) is 7.06. The summed E-state index contributed by atoms with van der Waals surface area (Å²) in [5, 5.41) is 0. The quantitative estimate of drug-likeness (QED) is 0.791. The molecule has 5 heteroatoms. The number of amides is 1. The van der Waals surface area contributed by atoms with Gasteiger partial charge in [0.15, 0.2) is 0 Å². The molecule has 2 aromatic rings. The van der Waals surface area contributed by atoms with E-state index in [9.17, 15) is 4.79 Å². The van der Waals surface area contributed by atoms with Crippen LogP contribution < -0.4 is 4.74 Å². The topological polar surface area (TPSA) is 42.7 Å². The standard InChI is InChI=1S/C19H23NO3S/c1-22-18-7-3-2-6-17(18)19(21)20-10-8-15(9-11-20)13-24-14-16-5-4-12-23-16/h2-7,12,15H,8-11,13-14H2,1H3. The maximum atomic E-state index is 12.7. The van der Waals surface area contributed by atoms with Crippen LogP contribution in [0.25, 0.3) is 0 Å². The molecular formula is C19H23NO3S. The Balaban J connectivity index is 1.47. The zero-order chi connectivity index (χ0) is 16.8. The van der Waals surface area contributed by atoms with Gasteiger partial charge < -0.3 is 14.1 Å². The zero-order valence-corrected chi connectivity index (χ0v) is 14.8. The summed E-state index contributed by atoms with van der Waals surface area (Å²) >= 11 is 1.91. The fraction of sp³-hybridized carbons (Fsp3) is 0.421. The highest BCUT2D eigenvalue weighted by Crippen LogP contribution is 2.26. The SMILES string of the molecule is COc1ccccc1C(=O)N1CCC(CSCc2ccco2)CC1. The number of likely N-dealkylation sites (tertiary alicyclic amines) is 1. The van der Waals surface area contributed by atoms with Crippen molar-refractivity contribution in [2.75, 3.05) is 26.0 Å². The summed E-state index contributed by atoms with van der Waals surface area (Å²) in [5.41, 5.74) is 0.658. The van der Waals surface area contributed by atoms with Crippen molar-refractivity contribution in [3.05, 3.63) is 54.0 Å². The van der Waals surface area contributed by atoms with Gasteiger partial charge in [0.2, 0.25) is 0 Å². The molecule has 128 valence electrons. The van der Waals surface area contributed by atoms with Gasteiger partial charge in [-0.05, 0) is 48.8 Å². The second kappa shape index (κ2) is 8.29. The third-order valence-corrected chi connectivity index (χ3v) is 5.61. The molecule has 24 heavy (non-hydrogen) atoms. The summed E-state index contributed by atoms with van der Waals surface area (Å²) in [6, 6.07) is 11.4. The second-order valence-electron chi connectivity index (χ2n) is 6.03. The summed E-state index contributed by atoms with van der Waals surface area (Å²) in [5.74, 6) is 4.48. The van der Waals surface area contributed by atoms with Gasteiger partial charge in [-0.1, -0.05) is 12.1 Å². The van der Waals surface area contributed by atoms with Gasteiger partial charge in [0.1, 0.15) is 11.5 Å². The zero-order valence-electron chi connectivity index (χ0n) is 13.9. The Hall–Kier alpha value is -1.88. The molecule has 1 aromatic heterocycles. The minimum Gasteiger partial charge on any atom is -0.496 e. The highest BCUT2D eigenvalue weighted by Gasteiger charge is 2.25. The smallest absolute Gasteiger partial charge is 0.257 e. The van der Waals surface area contributed by atoms with Crippen molar-refractivity contribution in [1.29, 1.82) is 0 Å². The maximum absolute atomic E-state index is 12.7. The van der Waals surface area contributed by atoms with Crippen LogP contribution >= 0.6 is 11.8 Å². The molecule has 1 aliphatic rings. The summed E-state index contributed by atoms with van der Waals surface area (Å²) in [7, 11) is 1.61. The van der Waals surface area contributed by atoms with Crippen LogP contribution in [0.5, 0.6) is 5.75 Å². The van der Waals surface area contributed by atoms with E-state index in [-0.39, 0.29) is 5.91 Å². The van der Waals surface area contributed by atoms with E-state index in [2.05, 4.69) is 0 Å². The monoisotopic (exact) mass is 345 g/mol. The third-order valence-electron chi connectivity index (χ3n) is 4.42. The lowest BCUT2D eigenvalue weighted by molar-refractivity contribution is 0.0695. The lowest BCUT2D eigenvalue weighted by Gasteiger charge is -2.32. The van der Waals surface area contributed by atoms with Crippen LogP contribution in [0, 0.1) is 5.92 Å². The lowest BCUT2D eigenvalue weighted by Crippen LogP contribution is -2.39. The summed E-state index contributed by atoms with van der Waals surface area (Å²) in [4.78, 5) is 14.6. The van der Waals surface area contributed by atoms with Crippen molar-refractivity contribution >= 4 is 17.7 Å². The van der Waals surface area contributed by atoms with Gasteiger partial charge in [0.25, 0.3) is 5.91 Å². The largest absolute Gasteiger partial charge is 0.496 e. The summed E-state index contributed by atoms with van der Waals surface area (Å²) in [6.45, 7) is 1.64. The summed E-state index contributed by atoms with van der Waals surface area (Å²) < 4.78 is 10.7. The molecule has 1 fully saturated rings. The van der Waals surface area contributed by atoms with Gasteiger partial charge in [-0.2, -0.15) is 11.8 Å². The molecule has 1 saturated heterocycles. The minimum atomic E-state index is 0.0779. The van der Waals surface area contributed by atoms with Gasteiger partial charge in [0, 0.05) is 13.1 Å². The van der Waals surface area contributed by atoms with E-state index in [4.69, 9.17) is 9.15 Å². The third kappa shape index (κ3) is 4.15. The molecule has 0 N–H and O–H groups in total. The van der Waals surface area contributed by atoms with E-state index in [0.717, 1.165) is 43.2 Å². The highest BCUT2D eigenvalue weighted by molar-refractivity contribution is 7.98.